The molecule has 2 atom stereocenters. The van der Waals surface area contributed by atoms with Crippen molar-refractivity contribution in [1.82, 2.24) is 10.6 Å². The molecule has 0 aliphatic heterocycles. The summed E-state index contributed by atoms with van der Waals surface area (Å²) in [4.78, 5) is 38.4. The number of aryl methyl sites for hydroxylation is 1. The van der Waals surface area contributed by atoms with Crippen LogP contribution in [0, 0.1) is 0 Å². The first-order chi connectivity index (χ1) is 18.8. The summed E-state index contributed by atoms with van der Waals surface area (Å²) < 4.78 is 17.0. The summed E-state index contributed by atoms with van der Waals surface area (Å²) >= 11 is 1.59. The Kier molecular flexibility index (Phi) is 10.9. The van der Waals surface area contributed by atoms with Crippen molar-refractivity contribution in [1.29, 1.82) is 0 Å². The van der Waals surface area contributed by atoms with Crippen molar-refractivity contribution in [2.45, 2.75) is 38.3 Å². The third-order valence-corrected chi connectivity index (χ3v) is 7.23. The SMILES string of the molecule is COc1cc2c(c(OC)c1OC)-c1ccc(N[C@@H](CCSC)C(=O)NCCO)c(=O)cc1[C@@H](NC(C)=O)CC2. The molecule has 0 spiro atoms. The zero-order valence-corrected chi connectivity index (χ0v) is 23.8. The van der Waals surface area contributed by atoms with Crippen LogP contribution in [0.25, 0.3) is 11.1 Å². The van der Waals surface area contributed by atoms with Gasteiger partial charge in [-0.3, -0.25) is 14.4 Å². The number of aliphatic hydroxyl groups is 1. The Labute approximate surface area is 232 Å². The molecule has 0 unspecified atom stereocenters. The molecule has 2 aromatic carbocycles. The van der Waals surface area contributed by atoms with Crippen LogP contribution in [-0.2, 0) is 16.0 Å². The lowest BCUT2D eigenvalue weighted by Crippen LogP contribution is -2.41. The number of benzene rings is 1. The Morgan fingerprint density at radius 1 is 1.13 bits per heavy atom. The molecule has 0 saturated carbocycles. The van der Waals surface area contributed by atoms with Crippen LogP contribution in [0.3, 0.4) is 0 Å². The van der Waals surface area contributed by atoms with Crippen molar-refractivity contribution in [3.05, 3.63) is 45.6 Å². The first-order valence-electron chi connectivity index (χ1n) is 12.7. The molecule has 1 aliphatic carbocycles. The molecule has 39 heavy (non-hydrogen) atoms. The van der Waals surface area contributed by atoms with Crippen molar-refractivity contribution >= 4 is 29.3 Å². The fourth-order valence-corrected chi connectivity index (χ4v) is 5.29. The standard InChI is InChI=1S/C28H37N3O7S/c1-16(33)30-20-8-6-17-14-24(36-2)26(37-3)27(38-4)25(17)18-7-9-21(23(34)15-19(18)20)31-22(10-13-39-5)28(35)29-11-12-32/h7,9,14-15,20,22,32H,6,8,10-13H2,1-5H3,(H,29,35)(H,30,33)(H,31,34)/t20-,22-/m0/s1. The van der Waals surface area contributed by atoms with Crippen LogP contribution in [0.5, 0.6) is 17.2 Å². The normalized spacial score (nSPS) is 14.7. The number of nitrogens with one attached hydrogen (secondary N) is 3. The van der Waals surface area contributed by atoms with Crippen molar-refractivity contribution < 1.29 is 28.9 Å². The maximum absolute atomic E-state index is 13.5. The van der Waals surface area contributed by atoms with E-state index in [1.54, 1.807) is 32.0 Å². The van der Waals surface area contributed by atoms with E-state index in [0.717, 1.165) is 11.1 Å². The third kappa shape index (κ3) is 6.96. The van der Waals surface area contributed by atoms with Gasteiger partial charge in [-0.1, -0.05) is 6.07 Å². The van der Waals surface area contributed by atoms with Gasteiger partial charge in [0.05, 0.1) is 39.7 Å². The monoisotopic (exact) mass is 559 g/mol. The van der Waals surface area contributed by atoms with E-state index in [4.69, 9.17) is 19.3 Å². The number of anilines is 1. The summed E-state index contributed by atoms with van der Waals surface area (Å²) in [5.74, 6) is 1.59. The summed E-state index contributed by atoms with van der Waals surface area (Å²) in [6.45, 7) is 1.39. The molecule has 3 rings (SSSR count). The number of amides is 2. The van der Waals surface area contributed by atoms with Crippen LogP contribution < -0.4 is 35.6 Å². The van der Waals surface area contributed by atoms with Crippen molar-refractivity contribution in [2.24, 2.45) is 0 Å². The maximum Gasteiger partial charge on any atom is 0.242 e. The van der Waals surface area contributed by atoms with Gasteiger partial charge in [-0.15, -0.1) is 0 Å². The molecule has 10 nitrogen and oxygen atoms in total. The highest BCUT2D eigenvalue weighted by Crippen LogP contribution is 2.50. The van der Waals surface area contributed by atoms with E-state index in [1.165, 1.54) is 20.1 Å². The number of rotatable bonds is 12. The Balaban J connectivity index is 2.23. The summed E-state index contributed by atoms with van der Waals surface area (Å²) in [6, 6.07) is 5.77. The number of hydrogen-bond acceptors (Lipinski definition) is 9. The van der Waals surface area contributed by atoms with Gasteiger partial charge in [0.1, 0.15) is 6.04 Å². The van der Waals surface area contributed by atoms with Gasteiger partial charge in [-0.2, -0.15) is 11.8 Å². The molecule has 1 aliphatic rings. The first kappa shape index (κ1) is 30.1. The molecule has 0 heterocycles. The first-order valence-corrected chi connectivity index (χ1v) is 14.1. The van der Waals surface area contributed by atoms with Crippen molar-refractivity contribution in [3.8, 4) is 28.4 Å². The van der Waals surface area contributed by atoms with E-state index >= 15 is 0 Å². The lowest BCUT2D eigenvalue weighted by atomic mass is 9.95. The van der Waals surface area contributed by atoms with Gasteiger partial charge in [-0.05, 0) is 66.2 Å². The summed E-state index contributed by atoms with van der Waals surface area (Å²) in [5.41, 5.74) is 2.94. The van der Waals surface area contributed by atoms with E-state index in [1.807, 2.05) is 18.4 Å². The van der Waals surface area contributed by atoms with E-state index in [9.17, 15) is 14.4 Å². The summed E-state index contributed by atoms with van der Waals surface area (Å²) in [5, 5.41) is 17.9. The maximum atomic E-state index is 13.5. The Bertz CT molecular complexity index is 1250. The zero-order valence-electron chi connectivity index (χ0n) is 23.0. The molecule has 0 saturated heterocycles. The van der Waals surface area contributed by atoms with Gasteiger partial charge in [0.15, 0.2) is 11.5 Å². The van der Waals surface area contributed by atoms with Gasteiger partial charge < -0.3 is 35.3 Å². The van der Waals surface area contributed by atoms with E-state index < -0.39 is 12.1 Å². The van der Waals surface area contributed by atoms with Crippen LogP contribution in [0.15, 0.2) is 29.1 Å². The van der Waals surface area contributed by atoms with Gasteiger partial charge in [-0.25, -0.2) is 0 Å². The lowest BCUT2D eigenvalue weighted by Gasteiger charge is -2.19. The Hall–Kier alpha value is -3.44. The molecule has 2 amide bonds. The number of methoxy groups -OCH3 is 3. The fourth-order valence-electron chi connectivity index (χ4n) is 4.82. The molecule has 212 valence electrons. The number of thioether (sulfide) groups is 1. The predicted octanol–water partition coefficient (Wildman–Crippen LogP) is 2.51. The molecule has 11 heteroatoms. The molecule has 2 aromatic rings. The number of hydrogen-bond donors (Lipinski definition) is 4. The minimum Gasteiger partial charge on any atom is -0.493 e. The number of carbonyl (C=O) groups excluding carboxylic acids is 2. The molecule has 0 aromatic heterocycles. The zero-order chi connectivity index (χ0) is 28.5. The van der Waals surface area contributed by atoms with Crippen molar-refractivity contribution in [2.75, 3.05) is 51.8 Å². The van der Waals surface area contributed by atoms with Crippen LogP contribution in [0.1, 0.15) is 36.9 Å². The minimum atomic E-state index is -0.670. The van der Waals surface area contributed by atoms with Crippen LogP contribution >= 0.6 is 11.8 Å². The molecule has 4 N–H and O–H groups in total. The highest BCUT2D eigenvalue weighted by molar-refractivity contribution is 7.98. The van der Waals surface area contributed by atoms with Crippen LogP contribution in [0.2, 0.25) is 0 Å². The average Bonchev–Trinajstić information content (AvgIpc) is 3.16. The molecule has 0 bridgehead atoms. The third-order valence-electron chi connectivity index (χ3n) is 6.58. The number of fused-ring (bicyclic) bond motifs is 3. The van der Waals surface area contributed by atoms with E-state index in [-0.39, 0.29) is 36.1 Å². The van der Waals surface area contributed by atoms with Crippen molar-refractivity contribution in [3.63, 3.8) is 0 Å². The summed E-state index contributed by atoms with van der Waals surface area (Å²) in [6.07, 6.45) is 3.57. The lowest BCUT2D eigenvalue weighted by molar-refractivity contribution is -0.122. The topological polar surface area (TPSA) is 135 Å². The molecule has 0 fully saturated rings. The molecular weight excluding hydrogens is 522 g/mol. The number of aliphatic hydroxyl groups excluding tert-OH is 1. The second kappa shape index (κ2) is 14.1. The fraction of sp³-hybridized carbons (Fsp3) is 0.464. The number of ether oxygens (including phenoxy) is 3. The quantitative estimate of drug-likeness (QED) is 0.309. The predicted molar refractivity (Wildman–Crippen MR) is 153 cm³/mol. The summed E-state index contributed by atoms with van der Waals surface area (Å²) in [7, 11) is 4.63. The second-order valence-electron chi connectivity index (χ2n) is 9.09. The highest BCUT2D eigenvalue weighted by atomic mass is 32.2. The van der Waals surface area contributed by atoms with Gasteiger partial charge in [0.25, 0.3) is 0 Å². The highest BCUT2D eigenvalue weighted by Gasteiger charge is 2.29. The van der Waals surface area contributed by atoms with Gasteiger partial charge >= 0.3 is 0 Å². The number of carbonyl (C=O) groups is 2. The average molecular weight is 560 g/mol. The minimum absolute atomic E-state index is 0.123. The largest absolute Gasteiger partial charge is 0.493 e. The second-order valence-corrected chi connectivity index (χ2v) is 10.1. The molecular formula is C28H37N3O7S. The Morgan fingerprint density at radius 2 is 1.87 bits per heavy atom. The van der Waals surface area contributed by atoms with Crippen LogP contribution in [-0.4, -0.2) is 69.5 Å². The smallest absolute Gasteiger partial charge is 0.242 e. The van der Waals surface area contributed by atoms with E-state index in [2.05, 4.69) is 16.0 Å². The van der Waals surface area contributed by atoms with Gasteiger partial charge in [0, 0.05) is 19.0 Å². The van der Waals surface area contributed by atoms with Gasteiger partial charge in [0.2, 0.25) is 23.0 Å². The Morgan fingerprint density at radius 3 is 2.49 bits per heavy atom. The molecule has 0 radical (unpaired) electrons. The van der Waals surface area contributed by atoms with Crippen LogP contribution in [0.4, 0.5) is 5.69 Å². The van der Waals surface area contributed by atoms with E-state index in [0.29, 0.717) is 53.4 Å².